The molecule has 1 atom stereocenters. The van der Waals surface area contributed by atoms with E-state index in [9.17, 15) is 27.5 Å². The Kier molecular flexibility index (Phi) is 7.56. The second-order valence-corrected chi connectivity index (χ2v) is 10.0. The first-order valence-electron chi connectivity index (χ1n) is 12.7. The first-order chi connectivity index (χ1) is 19.5. The van der Waals surface area contributed by atoms with Crippen LogP contribution in [0.15, 0.2) is 47.1 Å². The first-order valence-corrected chi connectivity index (χ1v) is 12.7. The molecule has 2 heterocycles. The zero-order valence-corrected chi connectivity index (χ0v) is 22.1. The van der Waals surface area contributed by atoms with Crippen LogP contribution in [0.2, 0.25) is 0 Å². The van der Waals surface area contributed by atoms with Crippen molar-refractivity contribution < 1.29 is 41.5 Å². The molecule has 1 fully saturated rings. The van der Waals surface area contributed by atoms with Gasteiger partial charge in [-0.15, -0.1) is 0 Å². The van der Waals surface area contributed by atoms with Gasteiger partial charge in [0, 0.05) is 36.3 Å². The van der Waals surface area contributed by atoms with Crippen LogP contribution in [0.4, 0.5) is 23.4 Å². The lowest BCUT2D eigenvalue weighted by Crippen LogP contribution is -2.28. The molecule has 0 spiro atoms. The van der Waals surface area contributed by atoms with Crippen molar-refractivity contribution >= 4 is 22.8 Å². The average Bonchev–Trinajstić information content (AvgIpc) is 3.65. The van der Waals surface area contributed by atoms with Gasteiger partial charge in [0.1, 0.15) is 11.2 Å². The lowest BCUT2D eigenvalue weighted by atomic mass is 10.0. The number of aliphatic hydroxyl groups excluding tert-OH is 1. The highest BCUT2D eigenvalue weighted by atomic mass is 19.4. The Morgan fingerprint density at radius 3 is 2.59 bits per heavy atom. The molecule has 9 nitrogen and oxygen atoms in total. The minimum absolute atomic E-state index is 0.0349. The number of hydrogen-bond acceptors (Lipinski definition) is 8. The summed E-state index contributed by atoms with van der Waals surface area (Å²) in [6, 6.07) is 8.59. The molecule has 0 bridgehead atoms. The Morgan fingerprint density at radius 2 is 1.93 bits per heavy atom. The third kappa shape index (κ3) is 5.80. The number of nitrogens with zero attached hydrogens (tertiary/aromatic N) is 3. The standard InChI is InChI=1S/C28H26F4N4O5/c1-15(13-37)14-40-23-10-20-19(9-22(23)39-2)33-12-21(34-20)17-4-3-16(18(29)7-17)8-26(38)35-25-11-24(41-36-25)27(5-6-27)28(30,31)32/h3-4,7,9-12,15,37H,5-6,8,13-14H2,1-2H3,(H,35,36,38). The van der Waals surface area contributed by atoms with Crippen molar-refractivity contribution in [3.63, 3.8) is 0 Å². The van der Waals surface area contributed by atoms with Gasteiger partial charge in [0.2, 0.25) is 5.91 Å². The SMILES string of the molecule is COc1cc2ncc(-c3ccc(CC(=O)Nc4cc(C5(C(F)(F)F)CC5)on4)c(F)c3)nc2cc1OCC(C)CO. The predicted molar refractivity (Wildman–Crippen MR) is 139 cm³/mol. The number of nitrogens with one attached hydrogen (secondary N) is 1. The van der Waals surface area contributed by atoms with E-state index in [1.165, 1.54) is 25.4 Å². The maximum atomic E-state index is 15.0. The van der Waals surface area contributed by atoms with Crippen LogP contribution in [0.1, 0.15) is 31.1 Å². The van der Waals surface area contributed by atoms with Crippen LogP contribution in [-0.2, 0) is 16.6 Å². The number of amides is 1. The van der Waals surface area contributed by atoms with Crippen LogP contribution in [0, 0.1) is 11.7 Å². The number of anilines is 1. The van der Waals surface area contributed by atoms with E-state index in [4.69, 9.17) is 14.0 Å². The fourth-order valence-electron chi connectivity index (χ4n) is 4.28. The minimum Gasteiger partial charge on any atom is -0.493 e. The fraction of sp³-hybridized carbons (Fsp3) is 0.357. The molecule has 1 saturated carbocycles. The number of carbonyl (C=O) groups excluding carboxylic acids is 1. The normalized spacial score (nSPS) is 15.0. The highest BCUT2D eigenvalue weighted by molar-refractivity contribution is 5.91. The number of alkyl halides is 3. The largest absolute Gasteiger partial charge is 0.493 e. The molecule has 1 unspecified atom stereocenters. The predicted octanol–water partition coefficient (Wildman–Crippen LogP) is 5.21. The molecule has 1 aliphatic rings. The molecule has 4 aromatic rings. The number of aliphatic hydroxyl groups is 1. The Hall–Kier alpha value is -4.26. The Morgan fingerprint density at radius 1 is 1.17 bits per heavy atom. The summed E-state index contributed by atoms with van der Waals surface area (Å²) in [5, 5.41) is 15.1. The van der Waals surface area contributed by atoms with E-state index in [-0.39, 0.29) is 55.5 Å². The van der Waals surface area contributed by atoms with Gasteiger partial charge in [-0.25, -0.2) is 9.37 Å². The van der Waals surface area contributed by atoms with Gasteiger partial charge in [-0.3, -0.25) is 9.78 Å². The second-order valence-electron chi connectivity index (χ2n) is 10.0. The smallest absolute Gasteiger partial charge is 0.401 e. The molecule has 0 aliphatic heterocycles. The number of fused-ring (bicyclic) bond motifs is 1. The van der Waals surface area contributed by atoms with E-state index in [0.29, 0.717) is 33.8 Å². The van der Waals surface area contributed by atoms with Crippen LogP contribution < -0.4 is 14.8 Å². The molecule has 13 heteroatoms. The molecule has 216 valence electrons. The number of rotatable bonds is 10. The highest BCUT2D eigenvalue weighted by Gasteiger charge is 2.66. The van der Waals surface area contributed by atoms with Crippen molar-refractivity contribution in [3.05, 3.63) is 59.7 Å². The van der Waals surface area contributed by atoms with Gasteiger partial charge >= 0.3 is 6.18 Å². The third-order valence-corrected chi connectivity index (χ3v) is 6.90. The summed E-state index contributed by atoms with van der Waals surface area (Å²) in [4.78, 5) is 21.4. The number of benzene rings is 2. The zero-order valence-electron chi connectivity index (χ0n) is 22.1. The molecule has 1 aliphatic carbocycles. The van der Waals surface area contributed by atoms with E-state index >= 15 is 0 Å². The number of methoxy groups -OCH3 is 1. The number of ether oxygens (including phenoxy) is 2. The molecule has 0 saturated heterocycles. The van der Waals surface area contributed by atoms with Gasteiger partial charge in [0.25, 0.3) is 0 Å². The molecular formula is C28H26F4N4O5. The van der Waals surface area contributed by atoms with E-state index < -0.39 is 23.3 Å². The maximum Gasteiger partial charge on any atom is 0.401 e. The summed E-state index contributed by atoms with van der Waals surface area (Å²) in [7, 11) is 1.50. The van der Waals surface area contributed by atoms with Crippen LogP contribution in [0.3, 0.4) is 0 Å². The zero-order chi connectivity index (χ0) is 29.4. The topological polar surface area (TPSA) is 120 Å². The molecule has 1 amide bonds. The Bertz CT molecular complexity index is 1590. The van der Waals surface area contributed by atoms with Gasteiger partial charge in [-0.2, -0.15) is 13.2 Å². The number of hydrogen-bond donors (Lipinski definition) is 2. The second kappa shape index (κ2) is 11.0. The van der Waals surface area contributed by atoms with Crippen molar-refractivity contribution in [2.45, 2.75) is 37.8 Å². The summed E-state index contributed by atoms with van der Waals surface area (Å²) in [6.45, 7) is 2.06. The number of carbonyl (C=O) groups is 1. The molecule has 0 radical (unpaired) electrons. The van der Waals surface area contributed by atoms with E-state index in [1.807, 2.05) is 6.92 Å². The molecule has 2 aromatic heterocycles. The van der Waals surface area contributed by atoms with Crippen LogP contribution >= 0.6 is 0 Å². The van der Waals surface area contributed by atoms with Gasteiger partial charge in [0.05, 0.1) is 43.1 Å². The molecule has 41 heavy (non-hydrogen) atoms. The van der Waals surface area contributed by atoms with E-state index in [1.54, 1.807) is 18.2 Å². The van der Waals surface area contributed by atoms with Crippen molar-refractivity contribution in [1.29, 1.82) is 0 Å². The summed E-state index contributed by atoms with van der Waals surface area (Å²) >= 11 is 0. The minimum atomic E-state index is -4.48. The summed E-state index contributed by atoms with van der Waals surface area (Å²) in [6.07, 6.45) is -3.59. The van der Waals surface area contributed by atoms with Gasteiger partial charge < -0.3 is 24.4 Å². The number of halogens is 4. The number of aromatic nitrogens is 3. The summed E-state index contributed by atoms with van der Waals surface area (Å²) in [5.41, 5.74) is -0.200. The average molecular weight is 575 g/mol. The van der Waals surface area contributed by atoms with E-state index in [0.717, 1.165) is 6.07 Å². The highest BCUT2D eigenvalue weighted by Crippen LogP contribution is 2.59. The van der Waals surface area contributed by atoms with Crippen molar-refractivity contribution in [2.24, 2.45) is 5.92 Å². The van der Waals surface area contributed by atoms with Gasteiger partial charge in [-0.1, -0.05) is 24.2 Å². The fourth-order valence-corrected chi connectivity index (χ4v) is 4.28. The van der Waals surface area contributed by atoms with E-state index in [2.05, 4.69) is 20.4 Å². The quantitative estimate of drug-likeness (QED) is 0.248. The molecule has 2 aromatic carbocycles. The van der Waals surface area contributed by atoms with Crippen molar-refractivity contribution in [2.75, 3.05) is 25.6 Å². The van der Waals surface area contributed by atoms with Gasteiger partial charge in [0.15, 0.2) is 23.1 Å². The lowest BCUT2D eigenvalue weighted by molar-refractivity contribution is -0.165. The van der Waals surface area contributed by atoms with Crippen LogP contribution in [-0.4, -0.2) is 52.6 Å². The monoisotopic (exact) mass is 574 g/mol. The first kappa shape index (κ1) is 28.3. The maximum absolute atomic E-state index is 15.0. The molecular weight excluding hydrogens is 548 g/mol. The van der Waals surface area contributed by atoms with Gasteiger partial charge in [-0.05, 0) is 24.5 Å². The third-order valence-electron chi connectivity index (χ3n) is 6.90. The van der Waals surface area contributed by atoms with Crippen molar-refractivity contribution in [3.8, 4) is 22.8 Å². The Balaban J connectivity index is 1.29. The summed E-state index contributed by atoms with van der Waals surface area (Å²) < 4.78 is 70.8. The lowest BCUT2D eigenvalue weighted by Gasteiger charge is -2.14. The van der Waals surface area contributed by atoms with Crippen molar-refractivity contribution in [1.82, 2.24) is 15.1 Å². The Labute approximate surface area is 231 Å². The molecule has 2 N–H and O–H groups in total. The molecule has 5 rings (SSSR count). The van der Waals surface area contributed by atoms with Crippen LogP contribution in [0.5, 0.6) is 11.5 Å². The van der Waals surface area contributed by atoms with Crippen LogP contribution in [0.25, 0.3) is 22.3 Å². The summed E-state index contributed by atoms with van der Waals surface area (Å²) in [5.74, 6) is -1.09.